The predicted molar refractivity (Wildman–Crippen MR) is 98.0 cm³/mol. The molecule has 0 atom stereocenters. The van der Waals surface area contributed by atoms with E-state index in [1.165, 1.54) is 14.0 Å². The number of aryl methyl sites for hydroxylation is 2. The van der Waals surface area contributed by atoms with E-state index in [1.807, 2.05) is 32.0 Å². The topological polar surface area (TPSA) is 105 Å². The molecule has 0 saturated heterocycles. The second-order valence-corrected chi connectivity index (χ2v) is 7.29. The van der Waals surface area contributed by atoms with Crippen LogP contribution in [0.4, 0.5) is 5.69 Å². The molecule has 0 aromatic heterocycles. The van der Waals surface area contributed by atoms with Crippen LogP contribution in [0.25, 0.3) is 0 Å². The Labute approximate surface area is 152 Å². The van der Waals surface area contributed by atoms with Gasteiger partial charge in [-0.05, 0) is 31.4 Å². The first-order valence-corrected chi connectivity index (χ1v) is 9.36. The number of ether oxygens (including phenoxy) is 1. The summed E-state index contributed by atoms with van der Waals surface area (Å²) in [6.07, 6.45) is 1.79. The van der Waals surface area contributed by atoms with E-state index in [-0.39, 0.29) is 11.3 Å². The number of hydrogen-bond donors (Lipinski definition) is 1. The summed E-state index contributed by atoms with van der Waals surface area (Å²) in [5.74, 6) is -1.26. The number of rotatable bonds is 5. The Bertz CT molecular complexity index is 903. The number of carbonyl (C=O) groups is 2. The predicted octanol–water partition coefficient (Wildman–Crippen LogP) is 1.57. The van der Waals surface area contributed by atoms with Crippen LogP contribution in [-0.2, 0) is 31.0 Å². The molecule has 1 aliphatic heterocycles. The van der Waals surface area contributed by atoms with Gasteiger partial charge in [-0.3, -0.25) is 4.79 Å². The number of amides is 1. The van der Waals surface area contributed by atoms with Crippen molar-refractivity contribution in [3.63, 3.8) is 0 Å². The van der Waals surface area contributed by atoms with Crippen LogP contribution in [0, 0.1) is 6.92 Å². The summed E-state index contributed by atoms with van der Waals surface area (Å²) in [5, 5.41) is 2.75. The van der Waals surface area contributed by atoms with Crippen LogP contribution in [0.5, 0.6) is 0 Å². The van der Waals surface area contributed by atoms with Gasteiger partial charge in [-0.2, -0.15) is 8.42 Å². The summed E-state index contributed by atoms with van der Waals surface area (Å²) < 4.78 is 33.2. The van der Waals surface area contributed by atoms with Gasteiger partial charge in [0.1, 0.15) is 6.54 Å². The van der Waals surface area contributed by atoms with Gasteiger partial charge >= 0.3 is 16.2 Å². The van der Waals surface area contributed by atoms with Crippen LogP contribution in [0.1, 0.15) is 25.0 Å². The van der Waals surface area contributed by atoms with Crippen molar-refractivity contribution in [2.75, 3.05) is 19.0 Å². The third-order valence-electron chi connectivity index (χ3n) is 3.92. The Morgan fingerprint density at radius 2 is 1.96 bits per heavy atom. The molecule has 1 aromatic rings. The van der Waals surface area contributed by atoms with Crippen LogP contribution in [0.3, 0.4) is 0 Å². The number of para-hydroxylation sites is 1. The summed E-state index contributed by atoms with van der Waals surface area (Å²) in [5.41, 5.74) is 2.48. The van der Waals surface area contributed by atoms with Crippen molar-refractivity contribution in [3.8, 4) is 0 Å². The van der Waals surface area contributed by atoms with Gasteiger partial charge in [0, 0.05) is 11.9 Å². The lowest BCUT2D eigenvalue weighted by Gasteiger charge is -2.23. The molecule has 0 fully saturated rings. The minimum Gasteiger partial charge on any atom is -0.465 e. The van der Waals surface area contributed by atoms with Crippen molar-refractivity contribution >= 4 is 33.5 Å². The molecule has 9 heteroatoms. The molecular formula is C17H21N3O5S. The monoisotopic (exact) mass is 379 g/mol. The highest BCUT2D eigenvalue weighted by atomic mass is 32.2. The van der Waals surface area contributed by atoms with Gasteiger partial charge < -0.3 is 10.1 Å². The van der Waals surface area contributed by atoms with E-state index in [4.69, 9.17) is 0 Å². The van der Waals surface area contributed by atoms with Gasteiger partial charge in [0.15, 0.2) is 0 Å². The SMILES string of the molecule is CCc1cccc(C)c1NC(=O)CN1C=C(C(=O)OC)C(C)=NS1(=O)=O. The Morgan fingerprint density at radius 1 is 1.27 bits per heavy atom. The number of nitrogens with zero attached hydrogens (tertiary/aromatic N) is 2. The minimum absolute atomic E-state index is 0.0136. The summed E-state index contributed by atoms with van der Waals surface area (Å²) in [6.45, 7) is 4.70. The molecule has 1 aromatic carbocycles. The average Bonchev–Trinajstić information content (AvgIpc) is 2.58. The number of anilines is 1. The second kappa shape index (κ2) is 7.69. The molecule has 26 heavy (non-hydrogen) atoms. The highest BCUT2D eigenvalue weighted by molar-refractivity contribution is 7.88. The van der Waals surface area contributed by atoms with Crippen LogP contribution >= 0.6 is 0 Å². The number of hydrogen-bond acceptors (Lipinski definition) is 5. The highest BCUT2D eigenvalue weighted by Gasteiger charge is 2.30. The molecule has 1 heterocycles. The Balaban J connectivity index is 2.25. The van der Waals surface area contributed by atoms with Crippen molar-refractivity contribution in [1.82, 2.24) is 4.31 Å². The number of esters is 1. The highest BCUT2D eigenvalue weighted by Crippen LogP contribution is 2.22. The largest absolute Gasteiger partial charge is 0.465 e. The van der Waals surface area contributed by atoms with Crippen molar-refractivity contribution in [2.45, 2.75) is 27.2 Å². The third kappa shape index (κ3) is 4.10. The zero-order chi connectivity index (χ0) is 19.5. The average molecular weight is 379 g/mol. The summed E-state index contributed by atoms with van der Waals surface area (Å²) in [6, 6.07) is 5.64. The van der Waals surface area contributed by atoms with Crippen molar-refractivity contribution in [2.24, 2.45) is 4.40 Å². The zero-order valence-corrected chi connectivity index (χ0v) is 15.9. The smallest absolute Gasteiger partial charge is 0.344 e. The molecule has 0 saturated carbocycles. The molecule has 0 aliphatic carbocycles. The van der Waals surface area contributed by atoms with Gasteiger partial charge in [-0.15, -0.1) is 4.40 Å². The van der Waals surface area contributed by atoms with Crippen molar-refractivity contribution in [3.05, 3.63) is 41.1 Å². The second-order valence-electron chi connectivity index (χ2n) is 5.74. The molecule has 0 radical (unpaired) electrons. The van der Waals surface area contributed by atoms with E-state index in [0.29, 0.717) is 5.69 Å². The fraction of sp³-hybridized carbons (Fsp3) is 0.353. The molecular weight excluding hydrogens is 358 g/mol. The van der Waals surface area contributed by atoms with Gasteiger partial charge in [-0.25, -0.2) is 9.10 Å². The van der Waals surface area contributed by atoms with Crippen molar-refractivity contribution < 1.29 is 22.7 Å². The molecule has 0 bridgehead atoms. The van der Waals surface area contributed by atoms with Crippen LogP contribution < -0.4 is 5.32 Å². The fourth-order valence-electron chi connectivity index (χ4n) is 2.54. The lowest BCUT2D eigenvalue weighted by Crippen LogP contribution is -2.37. The quantitative estimate of drug-likeness (QED) is 0.782. The van der Waals surface area contributed by atoms with E-state index in [1.54, 1.807) is 0 Å². The minimum atomic E-state index is -4.08. The number of benzene rings is 1. The van der Waals surface area contributed by atoms with E-state index in [2.05, 4.69) is 14.5 Å². The Hall–Kier alpha value is -2.68. The molecule has 0 unspecified atom stereocenters. The molecule has 0 spiro atoms. The maximum absolute atomic E-state index is 12.4. The first-order valence-electron chi connectivity index (χ1n) is 7.96. The van der Waals surface area contributed by atoms with E-state index in [0.717, 1.165) is 28.1 Å². The molecule has 140 valence electrons. The maximum atomic E-state index is 12.4. The van der Waals surface area contributed by atoms with E-state index in [9.17, 15) is 18.0 Å². The van der Waals surface area contributed by atoms with Crippen LogP contribution in [-0.4, -0.2) is 44.0 Å². The van der Waals surface area contributed by atoms with Gasteiger partial charge in [0.25, 0.3) is 0 Å². The summed E-state index contributed by atoms with van der Waals surface area (Å²) in [4.78, 5) is 24.2. The standard InChI is InChI=1S/C17H21N3O5S/c1-5-13-8-6-7-11(2)16(13)18-15(21)10-20-9-14(17(22)25-4)12(3)19-26(20,23)24/h6-9H,5,10H2,1-4H3,(H,18,21). The molecule has 2 rings (SSSR count). The summed E-state index contributed by atoms with van der Waals surface area (Å²) >= 11 is 0. The summed E-state index contributed by atoms with van der Waals surface area (Å²) in [7, 11) is -2.90. The van der Waals surface area contributed by atoms with Crippen LogP contribution in [0.15, 0.2) is 34.4 Å². The van der Waals surface area contributed by atoms with Gasteiger partial charge in [0.2, 0.25) is 5.91 Å². The lowest BCUT2D eigenvalue weighted by atomic mass is 10.1. The van der Waals surface area contributed by atoms with Gasteiger partial charge in [0.05, 0.1) is 18.4 Å². The normalized spacial score (nSPS) is 15.8. The first-order chi connectivity index (χ1) is 12.2. The Morgan fingerprint density at radius 3 is 2.58 bits per heavy atom. The number of methoxy groups -OCH3 is 1. The molecule has 1 N–H and O–H groups in total. The number of nitrogens with one attached hydrogen (secondary N) is 1. The Kier molecular flexibility index (Phi) is 5.81. The molecule has 8 nitrogen and oxygen atoms in total. The number of carbonyl (C=O) groups excluding carboxylic acids is 2. The zero-order valence-electron chi connectivity index (χ0n) is 15.1. The maximum Gasteiger partial charge on any atom is 0.344 e. The lowest BCUT2D eigenvalue weighted by molar-refractivity contribution is -0.135. The molecule has 1 amide bonds. The van der Waals surface area contributed by atoms with Crippen molar-refractivity contribution in [1.29, 1.82) is 0 Å². The van der Waals surface area contributed by atoms with E-state index >= 15 is 0 Å². The fourth-order valence-corrected chi connectivity index (χ4v) is 3.61. The molecule has 1 aliphatic rings. The first kappa shape index (κ1) is 19.6. The van der Waals surface area contributed by atoms with E-state index < -0.39 is 28.6 Å². The van der Waals surface area contributed by atoms with Gasteiger partial charge in [-0.1, -0.05) is 25.1 Å². The third-order valence-corrected chi connectivity index (χ3v) is 5.25. The van der Waals surface area contributed by atoms with Crippen LogP contribution in [0.2, 0.25) is 0 Å².